The summed E-state index contributed by atoms with van der Waals surface area (Å²) in [5.41, 5.74) is 2.06. The highest BCUT2D eigenvalue weighted by Gasteiger charge is 2.15. The summed E-state index contributed by atoms with van der Waals surface area (Å²) in [4.78, 5) is 17.0. The van der Waals surface area contributed by atoms with Gasteiger partial charge in [0.25, 0.3) is 0 Å². The second-order valence-corrected chi connectivity index (χ2v) is 9.24. The van der Waals surface area contributed by atoms with Crippen molar-refractivity contribution in [1.29, 1.82) is 0 Å². The normalized spacial score (nSPS) is 11.8. The lowest BCUT2D eigenvalue weighted by molar-refractivity contribution is -0.113. The van der Waals surface area contributed by atoms with Gasteiger partial charge in [-0.1, -0.05) is 42.1 Å². The number of rotatable bonds is 6. The Labute approximate surface area is 178 Å². The highest BCUT2D eigenvalue weighted by molar-refractivity contribution is 7.99. The summed E-state index contributed by atoms with van der Waals surface area (Å²) in [6.07, 6.45) is 0. The van der Waals surface area contributed by atoms with Crippen LogP contribution in [0.1, 0.15) is 6.92 Å². The molecule has 0 fully saturated rings. The average Bonchev–Trinajstić information content (AvgIpc) is 3.08. The van der Waals surface area contributed by atoms with Gasteiger partial charge in [-0.3, -0.25) is 4.79 Å². The number of imidazole rings is 1. The van der Waals surface area contributed by atoms with Gasteiger partial charge in [0.2, 0.25) is 15.9 Å². The topological polar surface area (TPSA) is 107 Å². The molecular weight excluding hydrogens is 420 g/mol. The Balaban J connectivity index is 1.51. The number of benzene rings is 3. The molecule has 1 heterocycles. The van der Waals surface area contributed by atoms with E-state index in [0.29, 0.717) is 17.2 Å². The Morgan fingerprint density at radius 3 is 2.60 bits per heavy atom. The van der Waals surface area contributed by atoms with Crippen molar-refractivity contribution < 1.29 is 13.2 Å². The molecule has 0 saturated carbocycles. The standard InChI is InChI=1S/C21H20N4O3S2/c1-2-25-19-10-9-17(30(22,27)28)12-18(19)24-21(25)29-13-20(26)23-16-8-7-14-5-3-4-6-15(14)11-16/h3-12H,2,13H2,1H3,(H,23,26)(H2,22,27,28). The van der Waals surface area contributed by atoms with E-state index in [1.54, 1.807) is 6.07 Å². The number of sulfonamides is 1. The first kappa shape index (κ1) is 20.4. The van der Waals surface area contributed by atoms with E-state index in [2.05, 4.69) is 10.3 Å². The Morgan fingerprint density at radius 2 is 1.87 bits per heavy atom. The van der Waals surface area contributed by atoms with Gasteiger partial charge in [0, 0.05) is 12.2 Å². The second-order valence-electron chi connectivity index (χ2n) is 6.73. The number of hydrogen-bond donors (Lipinski definition) is 2. The fourth-order valence-electron chi connectivity index (χ4n) is 3.27. The number of thioether (sulfide) groups is 1. The van der Waals surface area contributed by atoms with E-state index in [0.717, 1.165) is 22.0 Å². The van der Waals surface area contributed by atoms with Crippen molar-refractivity contribution in [1.82, 2.24) is 9.55 Å². The number of primary sulfonamides is 1. The number of amides is 1. The SMILES string of the molecule is CCn1c(SCC(=O)Nc2ccc3ccccc3c2)nc2cc(S(N)(=O)=O)ccc21. The molecule has 7 nitrogen and oxygen atoms in total. The first-order chi connectivity index (χ1) is 14.3. The van der Waals surface area contributed by atoms with Gasteiger partial charge in [0.1, 0.15) is 0 Å². The lowest BCUT2D eigenvalue weighted by Gasteiger charge is -2.08. The van der Waals surface area contributed by atoms with E-state index < -0.39 is 10.0 Å². The summed E-state index contributed by atoms with van der Waals surface area (Å²) >= 11 is 1.30. The molecule has 0 spiro atoms. The molecule has 9 heteroatoms. The summed E-state index contributed by atoms with van der Waals surface area (Å²) in [5.74, 6) is 0.0354. The van der Waals surface area contributed by atoms with E-state index in [4.69, 9.17) is 5.14 Å². The molecule has 4 aromatic rings. The number of hydrogen-bond acceptors (Lipinski definition) is 5. The van der Waals surface area contributed by atoms with Crippen LogP contribution in [0.15, 0.2) is 70.7 Å². The van der Waals surface area contributed by atoms with Crippen LogP contribution < -0.4 is 10.5 Å². The molecule has 0 radical (unpaired) electrons. The number of carbonyl (C=O) groups is 1. The summed E-state index contributed by atoms with van der Waals surface area (Å²) in [6.45, 7) is 2.60. The molecular formula is C21H20N4O3S2. The zero-order chi connectivity index (χ0) is 21.3. The van der Waals surface area contributed by atoms with Crippen LogP contribution in [-0.4, -0.2) is 29.6 Å². The highest BCUT2D eigenvalue weighted by atomic mass is 32.2. The van der Waals surface area contributed by atoms with Crippen LogP contribution in [0.4, 0.5) is 5.69 Å². The number of nitrogens with one attached hydrogen (secondary N) is 1. The number of anilines is 1. The minimum Gasteiger partial charge on any atom is -0.325 e. The number of carbonyl (C=O) groups excluding carboxylic acids is 1. The largest absolute Gasteiger partial charge is 0.325 e. The molecule has 0 bridgehead atoms. The molecule has 0 aliphatic rings. The molecule has 30 heavy (non-hydrogen) atoms. The maximum Gasteiger partial charge on any atom is 0.238 e. The van der Waals surface area contributed by atoms with Gasteiger partial charge in [-0.25, -0.2) is 18.5 Å². The Bertz CT molecular complexity index is 1360. The number of nitrogens with zero attached hydrogens (tertiary/aromatic N) is 2. The first-order valence-corrected chi connectivity index (χ1v) is 11.8. The van der Waals surface area contributed by atoms with Crippen molar-refractivity contribution in [3.8, 4) is 0 Å². The van der Waals surface area contributed by atoms with Gasteiger partial charge >= 0.3 is 0 Å². The third-order valence-corrected chi connectivity index (χ3v) is 6.58. The summed E-state index contributed by atoms with van der Waals surface area (Å²) < 4.78 is 25.1. The molecule has 0 saturated heterocycles. The van der Waals surface area contributed by atoms with Crippen molar-refractivity contribution in [3.63, 3.8) is 0 Å². The number of fused-ring (bicyclic) bond motifs is 2. The maximum atomic E-state index is 12.5. The number of aryl methyl sites for hydroxylation is 1. The molecule has 0 aliphatic carbocycles. The molecule has 1 amide bonds. The molecule has 1 aromatic heterocycles. The van der Waals surface area contributed by atoms with Gasteiger partial charge < -0.3 is 9.88 Å². The van der Waals surface area contributed by atoms with E-state index in [9.17, 15) is 13.2 Å². The van der Waals surface area contributed by atoms with Crippen molar-refractivity contribution in [2.24, 2.45) is 5.14 Å². The predicted molar refractivity (Wildman–Crippen MR) is 120 cm³/mol. The highest BCUT2D eigenvalue weighted by Crippen LogP contribution is 2.26. The minimum atomic E-state index is -3.80. The smallest absolute Gasteiger partial charge is 0.238 e. The summed E-state index contributed by atoms with van der Waals surface area (Å²) in [6, 6.07) is 18.3. The van der Waals surface area contributed by atoms with Crippen LogP contribution in [-0.2, 0) is 21.4 Å². The van der Waals surface area contributed by atoms with Crippen molar-refractivity contribution in [3.05, 3.63) is 60.7 Å². The quantitative estimate of drug-likeness (QED) is 0.446. The van der Waals surface area contributed by atoms with Gasteiger partial charge in [0.05, 0.1) is 21.7 Å². The van der Waals surface area contributed by atoms with Crippen LogP contribution in [0.5, 0.6) is 0 Å². The summed E-state index contributed by atoms with van der Waals surface area (Å²) in [7, 11) is -3.80. The lowest BCUT2D eigenvalue weighted by Crippen LogP contribution is -2.14. The fraction of sp³-hybridized carbons (Fsp3) is 0.143. The average molecular weight is 441 g/mol. The van der Waals surface area contributed by atoms with Crippen molar-refractivity contribution in [2.45, 2.75) is 23.5 Å². The molecule has 0 unspecified atom stereocenters. The summed E-state index contributed by atoms with van der Waals surface area (Å²) in [5, 5.41) is 10.9. The monoisotopic (exact) mass is 440 g/mol. The van der Waals surface area contributed by atoms with E-state index in [1.165, 1.54) is 23.9 Å². The van der Waals surface area contributed by atoms with Crippen LogP contribution in [0.25, 0.3) is 21.8 Å². The maximum absolute atomic E-state index is 12.5. The van der Waals surface area contributed by atoms with Gasteiger partial charge in [0.15, 0.2) is 5.16 Å². The van der Waals surface area contributed by atoms with Gasteiger partial charge in [-0.15, -0.1) is 0 Å². The molecule has 154 valence electrons. The van der Waals surface area contributed by atoms with E-state index in [-0.39, 0.29) is 16.6 Å². The Morgan fingerprint density at radius 1 is 1.10 bits per heavy atom. The zero-order valence-electron chi connectivity index (χ0n) is 16.2. The second kappa shape index (κ2) is 8.10. The first-order valence-electron chi connectivity index (χ1n) is 9.29. The van der Waals surface area contributed by atoms with Gasteiger partial charge in [-0.05, 0) is 48.0 Å². The van der Waals surface area contributed by atoms with E-state index >= 15 is 0 Å². The van der Waals surface area contributed by atoms with Crippen LogP contribution in [0.2, 0.25) is 0 Å². The van der Waals surface area contributed by atoms with Crippen molar-refractivity contribution >= 4 is 55.2 Å². The fourth-order valence-corrected chi connectivity index (χ4v) is 4.69. The molecule has 0 aliphatic heterocycles. The molecule has 3 aromatic carbocycles. The van der Waals surface area contributed by atoms with Crippen LogP contribution >= 0.6 is 11.8 Å². The molecule has 3 N–H and O–H groups in total. The van der Waals surface area contributed by atoms with Crippen LogP contribution in [0, 0.1) is 0 Å². The number of aromatic nitrogens is 2. The third-order valence-electron chi connectivity index (χ3n) is 4.70. The number of nitrogens with two attached hydrogens (primary N) is 1. The van der Waals surface area contributed by atoms with Gasteiger partial charge in [-0.2, -0.15) is 0 Å². The third kappa shape index (κ3) is 4.18. The Kier molecular flexibility index (Phi) is 5.50. The predicted octanol–water partition coefficient (Wildman–Crippen LogP) is 3.59. The van der Waals surface area contributed by atoms with Crippen molar-refractivity contribution in [2.75, 3.05) is 11.1 Å². The minimum absolute atomic E-state index is 0.0151. The van der Waals surface area contributed by atoms with E-state index in [1.807, 2.05) is 54.0 Å². The Hall–Kier alpha value is -2.88. The molecule has 4 rings (SSSR count). The zero-order valence-corrected chi connectivity index (χ0v) is 17.8. The van der Waals surface area contributed by atoms with Crippen LogP contribution in [0.3, 0.4) is 0 Å². The molecule has 0 atom stereocenters. The lowest BCUT2D eigenvalue weighted by atomic mass is 10.1.